The topological polar surface area (TPSA) is 96.2 Å². The van der Waals surface area contributed by atoms with E-state index in [4.69, 9.17) is 5.11 Å². The molecule has 6 heteroatoms. The molecule has 0 aliphatic rings. The number of hydrogen-bond acceptors (Lipinski definition) is 6. The summed E-state index contributed by atoms with van der Waals surface area (Å²) >= 11 is 0. The molecule has 0 radical (unpaired) electrons. The summed E-state index contributed by atoms with van der Waals surface area (Å²) in [6, 6.07) is 0. The van der Waals surface area contributed by atoms with Crippen molar-refractivity contribution in [2.45, 2.75) is 24.4 Å². The summed E-state index contributed by atoms with van der Waals surface area (Å²) in [4.78, 5) is 10.2. The van der Waals surface area contributed by atoms with Crippen molar-refractivity contribution < 1.29 is 29.6 Å². The number of aliphatic hydroxyl groups excluding tert-OH is 3. The molecule has 14 heavy (non-hydrogen) atoms. The molecular formula is C8H16O6. The van der Waals surface area contributed by atoms with Crippen LogP contribution in [0, 0.1) is 0 Å². The normalized spacial score (nSPS) is 19.8. The number of carbonyl (C=O) groups excluding carboxylic acids is 1. The first kappa shape index (κ1) is 13.5. The van der Waals surface area contributed by atoms with Gasteiger partial charge in [0.1, 0.15) is 24.4 Å². The highest BCUT2D eigenvalue weighted by Crippen LogP contribution is 2.07. The fourth-order valence-corrected chi connectivity index (χ4v) is 1.05. The molecule has 0 heterocycles. The Morgan fingerprint density at radius 3 is 2.21 bits per heavy atom. The standard InChI is InChI=1S/C8H16O6/c1-13-4-6(11)7(12)8(14-2)5(10)3-9/h3,5-8,10-12H,4H2,1-2H3/t5-,6+,7-,8+/m0/s1. The lowest BCUT2D eigenvalue weighted by Crippen LogP contribution is -2.47. The Bertz CT molecular complexity index is 162. The summed E-state index contributed by atoms with van der Waals surface area (Å²) in [6.45, 7) is -0.105. The first-order valence-electron chi connectivity index (χ1n) is 4.09. The lowest BCUT2D eigenvalue weighted by molar-refractivity contribution is -0.144. The van der Waals surface area contributed by atoms with Gasteiger partial charge in [-0.15, -0.1) is 0 Å². The second-order valence-electron chi connectivity index (χ2n) is 2.84. The minimum absolute atomic E-state index is 0.105. The van der Waals surface area contributed by atoms with Gasteiger partial charge in [-0.1, -0.05) is 0 Å². The first-order valence-corrected chi connectivity index (χ1v) is 4.09. The van der Waals surface area contributed by atoms with Crippen LogP contribution in [0.25, 0.3) is 0 Å². The number of hydrogen-bond donors (Lipinski definition) is 3. The van der Waals surface area contributed by atoms with Gasteiger partial charge in [0.15, 0.2) is 6.29 Å². The van der Waals surface area contributed by atoms with Crippen molar-refractivity contribution in [3.8, 4) is 0 Å². The van der Waals surface area contributed by atoms with Crippen LogP contribution in [0.1, 0.15) is 0 Å². The molecule has 0 aromatic carbocycles. The van der Waals surface area contributed by atoms with Gasteiger partial charge >= 0.3 is 0 Å². The molecule has 6 nitrogen and oxygen atoms in total. The number of rotatable bonds is 7. The summed E-state index contributed by atoms with van der Waals surface area (Å²) < 4.78 is 9.28. The first-order chi connectivity index (χ1) is 6.58. The molecule has 0 aromatic heterocycles. The lowest BCUT2D eigenvalue weighted by atomic mass is 10.0. The summed E-state index contributed by atoms with van der Waals surface area (Å²) in [5, 5.41) is 27.8. The van der Waals surface area contributed by atoms with E-state index in [2.05, 4.69) is 9.47 Å². The molecule has 0 saturated carbocycles. The van der Waals surface area contributed by atoms with Crippen LogP contribution in [-0.4, -0.2) is 66.8 Å². The number of ether oxygens (including phenoxy) is 2. The molecular weight excluding hydrogens is 192 g/mol. The van der Waals surface area contributed by atoms with Gasteiger partial charge in [-0.25, -0.2) is 0 Å². The van der Waals surface area contributed by atoms with E-state index in [1.165, 1.54) is 14.2 Å². The minimum atomic E-state index is -1.47. The Morgan fingerprint density at radius 1 is 1.29 bits per heavy atom. The quantitative estimate of drug-likeness (QED) is 0.416. The summed E-state index contributed by atoms with van der Waals surface area (Å²) in [6.07, 6.45) is -4.98. The molecule has 0 aliphatic carbocycles. The van der Waals surface area contributed by atoms with E-state index in [0.717, 1.165) is 0 Å². The molecule has 0 rings (SSSR count). The second-order valence-corrected chi connectivity index (χ2v) is 2.84. The van der Waals surface area contributed by atoms with Gasteiger partial charge in [-0.05, 0) is 0 Å². The Balaban J connectivity index is 4.28. The zero-order valence-corrected chi connectivity index (χ0v) is 8.16. The van der Waals surface area contributed by atoms with Crippen LogP contribution in [0.4, 0.5) is 0 Å². The molecule has 0 saturated heterocycles. The molecule has 0 aromatic rings. The molecule has 0 aliphatic heterocycles. The van der Waals surface area contributed by atoms with E-state index in [0.29, 0.717) is 0 Å². The largest absolute Gasteiger partial charge is 0.388 e. The van der Waals surface area contributed by atoms with Gasteiger partial charge in [-0.3, -0.25) is 0 Å². The molecule has 0 spiro atoms. The Hall–Kier alpha value is -0.530. The van der Waals surface area contributed by atoms with Crippen LogP contribution in [0.15, 0.2) is 0 Å². The van der Waals surface area contributed by atoms with Gasteiger partial charge in [0, 0.05) is 14.2 Å². The molecule has 3 N–H and O–H groups in total. The van der Waals surface area contributed by atoms with E-state index >= 15 is 0 Å². The van der Waals surface area contributed by atoms with E-state index in [1.807, 2.05) is 0 Å². The van der Waals surface area contributed by atoms with E-state index < -0.39 is 24.4 Å². The average molecular weight is 208 g/mol. The Labute approximate surface area is 82.1 Å². The fraction of sp³-hybridized carbons (Fsp3) is 0.875. The van der Waals surface area contributed by atoms with Crippen LogP contribution in [0.5, 0.6) is 0 Å². The van der Waals surface area contributed by atoms with E-state index in [-0.39, 0.29) is 12.9 Å². The predicted molar refractivity (Wildman–Crippen MR) is 46.8 cm³/mol. The third-order valence-electron chi connectivity index (χ3n) is 1.82. The van der Waals surface area contributed by atoms with Crippen molar-refractivity contribution in [1.29, 1.82) is 0 Å². The number of aliphatic hydroxyl groups is 3. The Kier molecular flexibility index (Phi) is 6.60. The van der Waals surface area contributed by atoms with Crippen LogP contribution >= 0.6 is 0 Å². The highest BCUT2D eigenvalue weighted by Gasteiger charge is 2.31. The maximum absolute atomic E-state index is 10.2. The van der Waals surface area contributed by atoms with Crippen molar-refractivity contribution >= 4 is 6.29 Å². The van der Waals surface area contributed by atoms with E-state index in [9.17, 15) is 15.0 Å². The van der Waals surface area contributed by atoms with Crippen LogP contribution in [0.3, 0.4) is 0 Å². The molecule has 0 bridgehead atoms. The molecule has 84 valence electrons. The molecule has 0 amide bonds. The third kappa shape index (κ3) is 3.69. The van der Waals surface area contributed by atoms with Crippen LogP contribution in [-0.2, 0) is 14.3 Å². The smallest absolute Gasteiger partial charge is 0.151 e. The maximum Gasteiger partial charge on any atom is 0.151 e. The molecule has 4 atom stereocenters. The molecule has 0 fully saturated rings. The number of carbonyl (C=O) groups is 1. The monoisotopic (exact) mass is 208 g/mol. The Morgan fingerprint density at radius 2 is 1.86 bits per heavy atom. The zero-order valence-electron chi connectivity index (χ0n) is 8.16. The van der Waals surface area contributed by atoms with E-state index in [1.54, 1.807) is 0 Å². The second kappa shape index (κ2) is 6.86. The van der Waals surface area contributed by atoms with Crippen LogP contribution in [0.2, 0.25) is 0 Å². The average Bonchev–Trinajstić information content (AvgIpc) is 2.18. The highest BCUT2D eigenvalue weighted by molar-refractivity contribution is 5.56. The minimum Gasteiger partial charge on any atom is -0.388 e. The van der Waals surface area contributed by atoms with Crippen molar-refractivity contribution in [2.24, 2.45) is 0 Å². The van der Waals surface area contributed by atoms with Crippen LogP contribution < -0.4 is 0 Å². The number of methoxy groups -OCH3 is 2. The maximum atomic E-state index is 10.2. The van der Waals surface area contributed by atoms with Gasteiger partial charge in [0.05, 0.1) is 6.61 Å². The van der Waals surface area contributed by atoms with Crippen molar-refractivity contribution in [1.82, 2.24) is 0 Å². The van der Waals surface area contributed by atoms with Crippen molar-refractivity contribution in [2.75, 3.05) is 20.8 Å². The summed E-state index contributed by atoms with van der Waals surface area (Å²) in [5.74, 6) is 0. The van der Waals surface area contributed by atoms with Gasteiger partial charge in [-0.2, -0.15) is 0 Å². The highest BCUT2D eigenvalue weighted by atomic mass is 16.5. The predicted octanol–water partition coefficient (Wildman–Crippen LogP) is -2.07. The molecule has 0 unspecified atom stereocenters. The van der Waals surface area contributed by atoms with Gasteiger partial charge in [0.2, 0.25) is 0 Å². The summed E-state index contributed by atoms with van der Waals surface area (Å²) in [5.41, 5.74) is 0. The SMILES string of the molecule is COC[C@@H](O)[C@H](O)[C@H](OC)[C@@H](O)C=O. The van der Waals surface area contributed by atoms with Crippen molar-refractivity contribution in [3.05, 3.63) is 0 Å². The zero-order chi connectivity index (χ0) is 11.1. The third-order valence-corrected chi connectivity index (χ3v) is 1.82. The van der Waals surface area contributed by atoms with Gasteiger partial charge < -0.3 is 29.6 Å². The van der Waals surface area contributed by atoms with Gasteiger partial charge in [0.25, 0.3) is 0 Å². The fourth-order valence-electron chi connectivity index (χ4n) is 1.05. The number of aldehydes is 1. The summed E-state index contributed by atoms with van der Waals surface area (Å²) in [7, 11) is 2.58. The van der Waals surface area contributed by atoms with Crippen molar-refractivity contribution in [3.63, 3.8) is 0 Å². The lowest BCUT2D eigenvalue weighted by Gasteiger charge is -2.26.